The second-order valence-electron chi connectivity index (χ2n) is 6.65. The Morgan fingerprint density at radius 2 is 1.52 bits per heavy atom. The van der Waals surface area contributed by atoms with Crippen molar-refractivity contribution in [3.8, 4) is 16.9 Å². The molecule has 0 spiro atoms. The van der Waals surface area contributed by atoms with E-state index in [1.54, 1.807) is 18.2 Å². The van der Waals surface area contributed by atoms with E-state index in [0.29, 0.717) is 28.4 Å². The number of carbonyl (C=O) groups is 1. The summed E-state index contributed by atoms with van der Waals surface area (Å²) in [6.45, 7) is 10.0. The molecule has 0 bridgehead atoms. The molecular formula is C26H24O3. The molecule has 29 heavy (non-hydrogen) atoms. The van der Waals surface area contributed by atoms with Crippen molar-refractivity contribution in [1.29, 1.82) is 0 Å². The molecule has 0 amide bonds. The first kappa shape index (κ1) is 20.2. The van der Waals surface area contributed by atoms with Gasteiger partial charge in [-0.1, -0.05) is 68.6 Å². The van der Waals surface area contributed by atoms with Crippen LogP contribution < -0.4 is 4.74 Å². The Hall–Kier alpha value is -3.59. The lowest BCUT2D eigenvalue weighted by atomic mass is 10.0. The number of carbonyl (C=O) groups excluding carboxylic acids is 1. The van der Waals surface area contributed by atoms with Gasteiger partial charge in [-0.3, -0.25) is 4.79 Å². The first-order valence-corrected chi connectivity index (χ1v) is 9.44. The van der Waals surface area contributed by atoms with E-state index in [-0.39, 0.29) is 0 Å². The van der Waals surface area contributed by atoms with Crippen molar-refractivity contribution in [1.82, 2.24) is 0 Å². The molecule has 0 unspecified atom stereocenters. The quantitative estimate of drug-likeness (QED) is 0.333. The molecule has 0 aliphatic rings. The maximum Gasteiger partial charge on any atom is 0.150 e. The van der Waals surface area contributed by atoms with E-state index < -0.39 is 0 Å². The summed E-state index contributed by atoms with van der Waals surface area (Å²) in [5.74, 6) is 1.59. The van der Waals surface area contributed by atoms with Gasteiger partial charge in [0.25, 0.3) is 0 Å². The van der Waals surface area contributed by atoms with Gasteiger partial charge in [-0.2, -0.15) is 0 Å². The summed E-state index contributed by atoms with van der Waals surface area (Å²) in [6, 6.07) is 21.7. The van der Waals surface area contributed by atoms with Gasteiger partial charge >= 0.3 is 0 Å². The molecule has 146 valence electrons. The Kier molecular flexibility index (Phi) is 6.30. The van der Waals surface area contributed by atoms with Crippen LogP contribution in [0.3, 0.4) is 0 Å². The highest BCUT2D eigenvalue weighted by Crippen LogP contribution is 2.27. The summed E-state index contributed by atoms with van der Waals surface area (Å²) in [5, 5.41) is 0. The fraction of sp³-hybridized carbons (Fsp3) is 0.115. The SMILES string of the molecule is C=C(Oc1ccc(-c2ccc(CC)cc2)cc1)c1ccc(C=O)c(C(=C)OC)c1. The third-order valence-corrected chi connectivity index (χ3v) is 4.84. The normalized spacial score (nSPS) is 10.3. The first-order chi connectivity index (χ1) is 14.0. The van der Waals surface area contributed by atoms with Crippen LogP contribution in [-0.4, -0.2) is 13.4 Å². The largest absolute Gasteiger partial charge is 0.497 e. The number of benzene rings is 3. The maximum atomic E-state index is 11.3. The summed E-state index contributed by atoms with van der Waals surface area (Å²) in [7, 11) is 1.52. The Balaban J connectivity index is 1.77. The minimum atomic E-state index is 0.417. The highest BCUT2D eigenvalue weighted by Gasteiger charge is 2.10. The standard InChI is InChI=1S/C26H24O3/c1-5-20-6-8-21(9-7-20)22-12-14-25(15-13-22)29-18(2)23-10-11-24(17-27)26(16-23)19(3)28-4/h6-17H,2-3,5H2,1,4H3. The van der Waals surface area contributed by atoms with Crippen LogP contribution in [0.15, 0.2) is 79.9 Å². The van der Waals surface area contributed by atoms with Crippen molar-refractivity contribution in [3.63, 3.8) is 0 Å². The molecule has 0 N–H and O–H groups in total. The van der Waals surface area contributed by atoms with Crippen LogP contribution in [-0.2, 0) is 11.2 Å². The molecule has 0 aliphatic carbocycles. The molecule has 0 aliphatic heterocycles. The third kappa shape index (κ3) is 4.64. The van der Waals surface area contributed by atoms with E-state index in [2.05, 4.69) is 44.3 Å². The molecule has 3 nitrogen and oxygen atoms in total. The molecule has 0 radical (unpaired) electrons. The number of hydrogen-bond acceptors (Lipinski definition) is 3. The zero-order valence-electron chi connectivity index (χ0n) is 16.8. The average Bonchev–Trinajstić information content (AvgIpc) is 2.78. The first-order valence-electron chi connectivity index (χ1n) is 9.44. The van der Waals surface area contributed by atoms with Crippen molar-refractivity contribution in [2.45, 2.75) is 13.3 Å². The second kappa shape index (κ2) is 9.07. The van der Waals surface area contributed by atoms with Gasteiger partial charge in [0.1, 0.15) is 17.3 Å². The molecule has 3 rings (SSSR count). The summed E-state index contributed by atoms with van der Waals surface area (Å²) in [6.07, 6.45) is 1.81. The number of aldehydes is 1. The van der Waals surface area contributed by atoms with Gasteiger partial charge in [-0.15, -0.1) is 0 Å². The van der Waals surface area contributed by atoms with E-state index >= 15 is 0 Å². The van der Waals surface area contributed by atoms with Crippen LogP contribution in [0.1, 0.15) is 34.0 Å². The number of hydrogen-bond donors (Lipinski definition) is 0. The van der Waals surface area contributed by atoms with E-state index in [1.807, 2.05) is 24.3 Å². The van der Waals surface area contributed by atoms with Crippen molar-refractivity contribution in [2.24, 2.45) is 0 Å². The zero-order valence-corrected chi connectivity index (χ0v) is 16.8. The summed E-state index contributed by atoms with van der Waals surface area (Å²) in [4.78, 5) is 11.3. The summed E-state index contributed by atoms with van der Waals surface area (Å²) < 4.78 is 11.1. The molecule has 0 atom stereocenters. The smallest absolute Gasteiger partial charge is 0.150 e. The highest BCUT2D eigenvalue weighted by molar-refractivity contribution is 5.85. The van der Waals surface area contributed by atoms with Crippen LogP contribution in [0.4, 0.5) is 0 Å². The number of aryl methyl sites for hydroxylation is 1. The van der Waals surface area contributed by atoms with Gasteiger partial charge in [0.15, 0.2) is 6.29 Å². The second-order valence-corrected chi connectivity index (χ2v) is 6.65. The molecule has 0 saturated heterocycles. The molecule has 0 saturated carbocycles. The fourth-order valence-electron chi connectivity index (χ4n) is 3.03. The van der Waals surface area contributed by atoms with Gasteiger partial charge in [0, 0.05) is 16.7 Å². The minimum absolute atomic E-state index is 0.417. The zero-order chi connectivity index (χ0) is 20.8. The predicted octanol–water partition coefficient (Wildman–Crippen LogP) is 6.40. The van der Waals surface area contributed by atoms with Gasteiger partial charge in [0.05, 0.1) is 7.11 Å². The molecule has 3 aromatic rings. The Labute approximate surface area is 171 Å². The van der Waals surface area contributed by atoms with E-state index in [4.69, 9.17) is 9.47 Å². The fourth-order valence-corrected chi connectivity index (χ4v) is 3.03. The van der Waals surface area contributed by atoms with Gasteiger partial charge in [-0.05, 0) is 41.3 Å². The topological polar surface area (TPSA) is 35.5 Å². The summed E-state index contributed by atoms with van der Waals surface area (Å²) in [5.41, 5.74) is 5.49. The van der Waals surface area contributed by atoms with Crippen molar-refractivity contribution in [2.75, 3.05) is 7.11 Å². The highest BCUT2D eigenvalue weighted by atomic mass is 16.5. The Morgan fingerprint density at radius 1 is 0.897 bits per heavy atom. The van der Waals surface area contributed by atoms with Crippen molar-refractivity contribution >= 4 is 17.8 Å². The van der Waals surface area contributed by atoms with Gasteiger partial charge < -0.3 is 9.47 Å². The van der Waals surface area contributed by atoms with Crippen LogP contribution in [0.5, 0.6) is 5.75 Å². The van der Waals surface area contributed by atoms with Crippen molar-refractivity contribution < 1.29 is 14.3 Å². The Bertz CT molecular complexity index is 1030. The molecule has 3 heteroatoms. The molecule has 0 heterocycles. The Morgan fingerprint density at radius 3 is 2.07 bits per heavy atom. The lowest BCUT2D eigenvalue weighted by Crippen LogP contribution is -1.98. The van der Waals surface area contributed by atoms with Gasteiger partial charge in [-0.25, -0.2) is 0 Å². The van der Waals surface area contributed by atoms with Crippen LogP contribution in [0, 0.1) is 0 Å². The van der Waals surface area contributed by atoms with Crippen LogP contribution >= 0.6 is 0 Å². The molecule has 0 aromatic heterocycles. The van der Waals surface area contributed by atoms with Crippen molar-refractivity contribution in [3.05, 3.63) is 102 Å². The molecular weight excluding hydrogens is 360 g/mol. The molecule has 0 fully saturated rings. The van der Waals surface area contributed by atoms with Crippen LogP contribution in [0.25, 0.3) is 22.6 Å². The van der Waals surface area contributed by atoms with E-state index in [9.17, 15) is 4.79 Å². The number of methoxy groups -OCH3 is 1. The maximum absolute atomic E-state index is 11.3. The van der Waals surface area contributed by atoms with Gasteiger partial charge in [0.2, 0.25) is 0 Å². The van der Waals surface area contributed by atoms with E-state index in [0.717, 1.165) is 23.8 Å². The molecule has 3 aromatic carbocycles. The lowest BCUT2D eigenvalue weighted by Gasteiger charge is -2.13. The lowest BCUT2D eigenvalue weighted by molar-refractivity contribution is 0.112. The predicted molar refractivity (Wildman–Crippen MR) is 119 cm³/mol. The summed E-state index contributed by atoms with van der Waals surface area (Å²) >= 11 is 0. The number of ether oxygens (including phenoxy) is 2. The monoisotopic (exact) mass is 384 g/mol. The minimum Gasteiger partial charge on any atom is -0.497 e. The average molecular weight is 384 g/mol. The number of rotatable bonds is 8. The van der Waals surface area contributed by atoms with Crippen LogP contribution in [0.2, 0.25) is 0 Å². The third-order valence-electron chi connectivity index (χ3n) is 4.84. The van der Waals surface area contributed by atoms with E-state index in [1.165, 1.54) is 18.2 Å².